The Balaban J connectivity index is 1.92. The van der Waals surface area contributed by atoms with Gasteiger partial charge in [-0.3, -0.25) is 4.79 Å². The van der Waals surface area contributed by atoms with Crippen molar-refractivity contribution < 1.29 is 23.8 Å². The van der Waals surface area contributed by atoms with E-state index >= 15 is 0 Å². The number of carboxylic acids is 1. The van der Waals surface area contributed by atoms with E-state index in [-0.39, 0.29) is 37.7 Å². The topological polar surface area (TPSA) is 75.6 Å². The molecule has 3 aromatic rings. The van der Waals surface area contributed by atoms with E-state index in [1.54, 1.807) is 0 Å². The van der Waals surface area contributed by atoms with Gasteiger partial charge in [-0.05, 0) is 48.5 Å². The summed E-state index contributed by atoms with van der Waals surface area (Å²) in [6.45, 7) is 0. The molecule has 0 bridgehead atoms. The van der Waals surface area contributed by atoms with Gasteiger partial charge in [0.15, 0.2) is 0 Å². The molecule has 0 heterocycles. The molecule has 0 fully saturated rings. The molecule has 0 aliphatic heterocycles. The summed E-state index contributed by atoms with van der Waals surface area (Å²) in [5, 5.41) is 11.8. The largest absolute Gasteiger partial charge is 0.478 e. The summed E-state index contributed by atoms with van der Waals surface area (Å²) < 4.78 is 18.9. The zero-order valence-corrected chi connectivity index (χ0v) is 16.6. The van der Waals surface area contributed by atoms with Crippen LogP contribution in [0.15, 0.2) is 54.6 Å². The monoisotopic (exact) mass is 453 g/mol. The van der Waals surface area contributed by atoms with E-state index in [0.717, 1.165) is 12.1 Å². The minimum atomic E-state index is -1.08. The zero-order valence-electron chi connectivity index (χ0n) is 14.4. The van der Waals surface area contributed by atoms with Crippen LogP contribution in [0.25, 0.3) is 0 Å². The van der Waals surface area contributed by atoms with E-state index in [1.807, 2.05) is 0 Å². The van der Waals surface area contributed by atoms with Crippen molar-refractivity contribution in [1.29, 1.82) is 0 Å². The van der Waals surface area contributed by atoms with E-state index in [1.165, 1.54) is 42.5 Å². The van der Waals surface area contributed by atoms with Crippen molar-refractivity contribution in [3.05, 3.63) is 86.6 Å². The van der Waals surface area contributed by atoms with E-state index < -0.39 is 17.7 Å². The van der Waals surface area contributed by atoms with E-state index in [0.29, 0.717) is 5.69 Å². The standard InChI is InChI=1S/C20H11Cl3FNO4/c21-14-8-13(19(26)25-12-4-1-10(2-5-12)20(27)28)18(9-15(14)22)29-17-6-3-11(24)7-16(17)23/h1-9H,(H,25,26)(H,27,28). The fourth-order valence-electron chi connectivity index (χ4n) is 2.36. The van der Waals surface area contributed by atoms with Gasteiger partial charge in [-0.15, -0.1) is 0 Å². The highest BCUT2D eigenvalue weighted by molar-refractivity contribution is 6.42. The van der Waals surface area contributed by atoms with Crippen LogP contribution in [0.3, 0.4) is 0 Å². The summed E-state index contributed by atoms with van der Waals surface area (Å²) in [5.41, 5.74) is 0.478. The Morgan fingerprint density at radius 1 is 0.862 bits per heavy atom. The van der Waals surface area contributed by atoms with Crippen LogP contribution >= 0.6 is 34.8 Å². The average molecular weight is 455 g/mol. The predicted octanol–water partition coefficient (Wildman–Crippen LogP) is 6.53. The molecular formula is C20H11Cl3FNO4. The number of amides is 1. The summed E-state index contributed by atoms with van der Waals surface area (Å²) in [5.74, 6) is -2.04. The number of halogens is 4. The summed E-state index contributed by atoms with van der Waals surface area (Å²) in [6.07, 6.45) is 0. The summed E-state index contributed by atoms with van der Waals surface area (Å²) in [4.78, 5) is 23.7. The Bertz CT molecular complexity index is 1100. The molecule has 3 aromatic carbocycles. The van der Waals surface area contributed by atoms with Gasteiger partial charge in [0, 0.05) is 11.8 Å². The molecule has 0 aliphatic rings. The van der Waals surface area contributed by atoms with Crippen LogP contribution in [0, 0.1) is 5.82 Å². The molecule has 0 unspecified atom stereocenters. The maximum atomic E-state index is 13.3. The van der Waals surface area contributed by atoms with E-state index in [4.69, 9.17) is 44.6 Å². The van der Waals surface area contributed by atoms with Gasteiger partial charge in [-0.1, -0.05) is 34.8 Å². The fraction of sp³-hybridized carbons (Fsp3) is 0. The molecule has 0 radical (unpaired) electrons. The van der Waals surface area contributed by atoms with Gasteiger partial charge in [0.2, 0.25) is 0 Å². The summed E-state index contributed by atoms with van der Waals surface area (Å²) in [6, 6.07) is 11.8. The number of ether oxygens (including phenoxy) is 1. The maximum absolute atomic E-state index is 13.3. The number of anilines is 1. The van der Waals surface area contributed by atoms with Crippen molar-refractivity contribution in [2.75, 3.05) is 5.32 Å². The van der Waals surface area contributed by atoms with Gasteiger partial charge >= 0.3 is 5.97 Å². The average Bonchev–Trinajstić information content (AvgIpc) is 2.67. The van der Waals surface area contributed by atoms with Crippen LogP contribution < -0.4 is 10.1 Å². The Morgan fingerprint density at radius 3 is 2.14 bits per heavy atom. The Morgan fingerprint density at radius 2 is 1.52 bits per heavy atom. The van der Waals surface area contributed by atoms with Crippen molar-refractivity contribution in [1.82, 2.24) is 0 Å². The van der Waals surface area contributed by atoms with E-state index in [9.17, 15) is 14.0 Å². The van der Waals surface area contributed by atoms with Crippen LogP contribution in [0.1, 0.15) is 20.7 Å². The normalized spacial score (nSPS) is 10.5. The summed E-state index contributed by atoms with van der Waals surface area (Å²) in [7, 11) is 0. The molecule has 29 heavy (non-hydrogen) atoms. The van der Waals surface area contributed by atoms with Gasteiger partial charge in [0.05, 0.1) is 26.2 Å². The molecule has 0 saturated carbocycles. The smallest absolute Gasteiger partial charge is 0.335 e. The number of hydrogen-bond donors (Lipinski definition) is 2. The van der Waals surface area contributed by atoms with Crippen molar-refractivity contribution in [2.45, 2.75) is 0 Å². The lowest BCUT2D eigenvalue weighted by molar-refractivity contribution is 0.0696. The molecule has 0 aromatic heterocycles. The quantitative estimate of drug-likeness (QED) is 0.459. The van der Waals surface area contributed by atoms with Crippen molar-refractivity contribution >= 4 is 52.4 Å². The molecule has 0 atom stereocenters. The Labute approximate surface area is 179 Å². The summed E-state index contributed by atoms with van der Waals surface area (Å²) >= 11 is 18.1. The maximum Gasteiger partial charge on any atom is 0.335 e. The number of carbonyl (C=O) groups is 2. The van der Waals surface area contributed by atoms with Crippen LogP contribution in [-0.2, 0) is 0 Å². The van der Waals surface area contributed by atoms with E-state index in [2.05, 4.69) is 5.32 Å². The van der Waals surface area contributed by atoms with Gasteiger partial charge < -0.3 is 15.2 Å². The highest BCUT2D eigenvalue weighted by atomic mass is 35.5. The number of carbonyl (C=O) groups excluding carboxylic acids is 1. The number of carboxylic acid groups (broad SMARTS) is 1. The zero-order chi connectivity index (χ0) is 21.1. The Hall–Kier alpha value is -2.80. The molecule has 148 valence electrons. The van der Waals surface area contributed by atoms with Crippen LogP contribution in [0.5, 0.6) is 11.5 Å². The second-order valence-corrected chi connectivity index (χ2v) is 7.00. The van der Waals surface area contributed by atoms with Crippen LogP contribution in [0.2, 0.25) is 15.1 Å². The minimum Gasteiger partial charge on any atom is -0.478 e. The molecule has 5 nitrogen and oxygen atoms in total. The third kappa shape index (κ3) is 4.98. The number of rotatable bonds is 5. The highest BCUT2D eigenvalue weighted by Crippen LogP contribution is 2.36. The van der Waals surface area contributed by atoms with Gasteiger partial charge in [-0.25, -0.2) is 9.18 Å². The molecule has 1 amide bonds. The number of hydrogen-bond acceptors (Lipinski definition) is 3. The number of nitrogens with one attached hydrogen (secondary N) is 1. The minimum absolute atomic E-state index is 0.00619. The van der Waals surface area contributed by atoms with Gasteiger partial charge in [0.1, 0.15) is 17.3 Å². The third-order valence-corrected chi connectivity index (χ3v) is 4.79. The lowest BCUT2D eigenvalue weighted by Gasteiger charge is -2.14. The molecule has 3 rings (SSSR count). The van der Waals surface area contributed by atoms with Gasteiger partial charge in [0.25, 0.3) is 5.91 Å². The van der Waals surface area contributed by atoms with Crippen molar-refractivity contribution in [3.8, 4) is 11.5 Å². The molecule has 2 N–H and O–H groups in total. The van der Waals surface area contributed by atoms with Crippen LogP contribution in [0.4, 0.5) is 10.1 Å². The Kier molecular flexibility index (Phi) is 6.27. The molecule has 9 heteroatoms. The molecule has 0 aliphatic carbocycles. The third-order valence-electron chi connectivity index (χ3n) is 3.77. The fourth-order valence-corrected chi connectivity index (χ4v) is 2.88. The van der Waals surface area contributed by atoms with Gasteiger partial charge in [-0.2, -0.15) is 0 Å². The second kappa shape index (κ2) is 8.69. The molecular weight excluding hydrogens is 444 g/mol. The lowest BCUT2D eigenvalue weighted by Crippen LogP contribution is -2.13. The first-order valence-corrected chi connectivity index (χ1v) is 9.14. The molecule has 0 spiro atoms. The number of aromatic carboxylic acids is 1. The van der Waals surface area contributed by atoms with Crippen LogP contribution in [-0.4, -0.2) is 17.0 Å². The van der Waals surface area contributed by atoms with Crippen molar-refractivity contribution in [3.63, 3.8) is 0 Å². The van der Waals surface area contributed by atoms with Crippen molar-refractivity contribution in [2.24, 2.45) is 0 Å². The highest BCUT2D eigenvalue weighted by Gasteiger charge is 2.18. The lowest BCUT2D eigenvalue weighted by atomic mass is 10.1. The first-order chi connectivity index (χ1) is 13.7. The number of benzene rings is 3. The first-order valence-electron chi connectivity index (χ1n) is 8.01. The first kappa shape index (κ1) is 20.9. The SMILES string of the molecule is O=C(O)c1ccc(NC(=O)c2cc(Cl)c(Cl)cc2Oc2ccc(F)cc2Cl)cc1. The second-order valence-electron chi connectivity index (χ2n) is 5.78. The predicted molar refractivity (Wildman–Crippen MR) is 109 cm³/mol. The molecule has 0 saturated heterocycles.